The summed E-state index contributed by atoms with van der Waals surface area (Å²) < 4.78 is 0. The van der Waals surface area contributed by atoms with Gasteiger partial charge in [-0.3, -0.25) is 0 Å². The topological polar surface area (TPSA) is 21.6 Å². The van der Waals surface area contributed by atoms with Crippen molar-refractivity contribution in [3.8, 4) is 0 Å². The van der Waals surface area contributed by atoms with E-state index in [-0.39, 0.29) is 0 Å². The fourth-order valence-corrected chi connectivity index (χ4v) is 0.522. The Hall–Kier alpha value is -0.530. The molecule has 0 saturated carbocycles. The van der Waals surface area contributed by atoms with Gasteiger partial charge in [0, 0.05) is 0 Å². The maximum atomic E-state index is 5.20. The molecule has 0 aromatic carbocycles. The Morgan fingerprint density at radius 3 is 2.33 bits per heavy atom. The van der Waals surface area contributed by atoms with Crippen molar-refractivity contribution in [2.75, 3.05) is 6.61 Å². The lowest BCUT2D eigenvalue weighted by atomic mass is 10.00. The van der Waals surface area contributed by atoms with Crippen LogP contribution in [0.1, 0.15) is 41.0 Å². The van der Waals surface area contributed by atoms with Crippen LogP contribution in [-0.2, 0) is 4.84 Å². The fraction of sp³-hybridized carbons (Fsp3) is 0.900. The zero-order chi connectivity index (χ0) is 9.56. The molecule has 2 nitrogen and oxygen atoms in total. The van der Waals surface area contributed by atoms with E-state index >= 15 is 0 Å². The number of hydrogen-bond acceptors (Lipinski definition) is 2. The van der Waals surface area contributed by atoms with Gasteiger partial charge in [0.25, 0.3) is 0 Å². The first-order chi connectivity index (χ1) is 5.57. The second kappa shape index (κ2) is 6.04. The van der Waals surface area contributed by atoms with E-state index < -0.39 is 0 Å². The van der Waals surface area contributed by atoms with E-state index in [1.807, 2.05) is 6.92 Å². The van der Waals surface area contributed by atoms with Crippen LogP contribution < -0.4 is 0 Å². The highest BCUT2D eigenvalue weighted by Crippen LogP contribution is 2.09. The second-order valence-electron chi connectivity index (χ2n) is 3.70. The summed E-state index contributed by atoms with van der Waals surface area (Å²) in [6.45, 7) is 11.4. The minimum absolute atomic E-state index is 0.582. The molecule has 0 aromatic rings. The Morgan fingerprint density at radius 2 is 1.92 bits per heavy atom. The molecule has 0 aliphatic carbocycles. The number of oxime groups is 1. The third-order valence-electron chi connectivity index (χ3n) is 2.21. The van der Waals surface area contributed by atoms with Crippen molar-refractivity contribution in [2.45, 2.75) is 41.0 Å². The van der Waals surface area contributed by atoms with Gasteiger partial charge in [0.1, 0.15) is 6.61 Å². The molecule has 0 aliphatic heterocycles. The average Bonchev–Trinajstić information content (AvgIpc) is 2.03. The lowest BCUT2D eigenvalue weighted by Crippen LogP contribution is -2.10. The van der Waals surface area contributed by atoms with Gasteiger partial charge in [0.15, 0.2) is 0 Å². The van der Waals surface area contributed by atoms with E-state index in [4.69, 9.17) is 4.84 Å². The van der Waals surface area contributed by atoms with Gasteiger partial charge in [0.2, 0.25) is 0 Å². The van der Waals surface area contributed by atoms with Crippen molar-refractivity contribution in [3.05, 3.63) is 0 Å². The SMILES string of the molecule is CC/C(C)=N/OCC(C)C(C)C. The van der Waals surface area contributed by atoms with Crippen molar-refractivity contribution in [1.82, 2.24) is 0 Å². The fourth-order valence-electron chi connectivity index (χ4n) is 0.522. The Bertz CT molecular complexity index is 141. The third-order valence-corrected chi connectivity index (χ3v) is 2.21. The molecule has 0 bridgehead atoms. The molecular formula is C10H21NO. The highest BCUT2D eigenvalue weighted by atomic mass is 16.6. The molecule has 72 valence electrons. The predicted octanol–water partition coefficient (Wildman–Crippen LogP) is 3.08. The molecule has 2 heteroatoms. The Kier molecular flexibility index (Phi) is 5.77. The minimum atomic E-state index is 0.582. The van der Waals surface area contributed by atoms with Crippen molar-refractivity contribution in [1.29, 1.82) is 0 Å². The predicted molar refractivity (Wildman–Crippen MR) is 53.4 cm³/mol. The highest BCUT2D eigenvalue weighted by molar-refractivity contribution is 5.80. The third kappa shape index (κ3) is 5.16. The van der Waals surface area contributed by atoms with Crippen LogP contribution in [0.3, 0.4) is 0 Å². The van der Waals surface area contributed by atoms with Gasteiger partial charge < -0.3 is 4.84 Å². The summed E-state index contributed by atoms with van der Waals surface area (Å²) in [4.78, 5) is 5.20. The van der Waals surface area contributed by atoms with Gasteiger partial charge in [-0.25, -0.2) is 0 Å². The van der Waals surface area contributed by atoms with E-state index in [2.05, 4.69) is 32.9 Å². The van der Waals surface area contributed by atoms with Gasteiger partial charge in [-0.1, -0.05) is 32.9 Å². The molecule has 12 heavy (non-hydrogen) atoms. The van der Waals surface area contributed by atoms with Gasteiger partial charge >= 0.3 is 0 Å². The monoisotopic (exact) mass is 171 g/mol. The molecule has 0 rings (SSSR count). The van der Waals surface area contributed by atoms with Gasteiger partial charge in [-0.15, -0.1) is 0 Å². The summed E-state index contributed by atoms with van der Waals surface area (Å²) in [6.07, 6.45) is 0.968. The maximum Gasteiger partial charge on any atom is 0.119 e. The second-order valence-corrected chi connectivity index (χ2v) is 3.70. The average molecular weight is 171 g/mol. The summed E-state index contributed by atoms with van der Waals surface area (Å²) in [5.74, 6) is 1.25. The van der Waals surface area contributed by atoms with Crippen molar-refractivity contribution in [3.63, 3.8) is 0 Å². The Morgan fingerprint density at radius 1 is 1.33 bits per heavy atom. The van der Waals surface area contributed by atoms with E-state index in [1.165, 1.54) is 0 Å². The molecule has 1 atom stereocenters. The number of rotatable bonds is 5. The molecule has 0 spiro atoms. The smallest absolute Gasteiger partial charge is 0.119 e. The van der Waals surface area contributed by atoms with E-state index in [9.17, 15) is 0 Å². The summed E-state index contributed by atoms with van der Waals surface area (Å²) >= 11 is 0. The molecule has 0 aromatic heterocycles. The Labute approximate surface area is 76.0 Å². The standard InChI is InChI=1S/C10H21NO/c1-6-10(5)11-12-7-9(4)8(2)3/h8-9H,6-7H2,1-5H3/b11-10+. The molecule has 0 heterocycles. The number of nitrogens with zero attached hydrogens (tertiary/aromatic N) is 1. The van der Waals surface area contributed by atoms with E-state index in [1.54, 1.807) is 0 Å². The summed E-state index contributed by atoms with van der Waals surface area (Å²) in [5.41, 5.74) is 1.06. The molecule has 0 aliphatic rings. The first kappa shape index (κ1) is 11.5. The van der Waals surface area contributed by atoms with Gasteiger partial charge in [-0.05, 0) is 25.2 Å². The Balaban J connectivity index is 3.55. The molecule has 1 unspecified atom stereocenters. The number of hydrogen-bond donors (Lipinski definition) is 0. The maximum absolute atomic E-state index is 5.20. The molecule has 0 saturated heterocycles. The van der Waals surface area contributed by atoms with Gasteiger partial charge in [-0.2, -0.15) is 0 Å². The van der Waals surface area contributed by atoms with Gasteiger partial charge in [0.05, 0.1) is 5.71 Å². The van der Waals surface area contributed by atoms with Crippen LogP contribution in [0.2, 0.25) is 0 Å². The van der Waals surface area contributed by atoms with Crippen molar-refractivity contribution in [2.24, 2.45) is 17.0 Å². The largest absolute Gasteiger partial charge is 0.396 e. The van der Waals surface area contributed by atoms with Crippen LogP contribution in [0, 0.1) is 11.8 Å². The van der Waals surface area contributed by atoms with Crippen LogP contribution in [0.5, 0.6) is 0 Å². The molecule has 0 amide bonds. The normalized spacial score (nSPS) is 15.0. The molecular weight excluding hydrogens is 150 g/mol. The van der Waals surface area contributed by atoms with Crippen LogP contribution >= 0.6 is 0 Å². The van der Waals surface area contributed by atoms with Crippen molar-refractivity contribution < 1.29 is 4.84 Å². The first-order valence-corrected chi connectivity index (χ1v) is 4.73. The van der Waals surface area contributed by atoms with Crippen LogP contribution in [0.25, 0.3) is 0 Å². The lowest BCUT2D eigenvalue weighted by molar-refractivity contribution is 0.0960. The lowest BCUT2D eigenvalue weighted by Gasteiger charge is -2.13. The van der Waals surface area contributed by atoms with Crippen LogP contribution in [0.15, 0.2) is 5.16 Å². The molecule has 0 N–H and O–H groups in total. The molecule has 0 radical (unpaired) electrons. The zero-order valence-corrected chi connectivity index (χ0v) is 8.92. The highest BCUT2D eigenvalue weighted by Gasteiger charge is 2.06. The summed E-state index contributed by atoms with van der Waals surface area (Å²) in [5, 5.41) is 3.98. The van der Waals surface area contributed by atoms with Crippen molar-refractivity contribution >= 4 is 5.71 Å². The zero-order valence-electron chi connectivity index (χ0n) is 8.92. The molecule has 0 fully saturated rings. The van der Waals surface area contributed by atoms with Crippen LogP contribution in [-0.4, -0.2) is 12.3 Å². The van der Waals surface area contributed by atoms with E-state index in [0.717, 1.165) is 18.7 Å². The van der Waals surface area contributed by atoms with E-state index in [0.29, 0.717) is 11.8 Å². The van der Waals surface area contributed by atoms with Crippen LogP contribution in [0.4, 0.5) is 0 Å². The summed E-state index contributed by atoms with van der Waals surface area (Å²) in [7, 11) is 0. The quantitative estimate of drug-likeness (QED) is 0.460. The minimum Gasteiger partial charge on any atom is -0.396 e. The summed E-state index contributed by atoms with van der Waals surface area (Å²) in [6, 6.07) is 0. The first-order valence-electron chi connectivity index (χ1n) is 4.73.